The van der Waals surface area contributed by atoms with Crippen molar-refractivity contribution in [1.82, 2.24) is 4.90 Å². The van der Waals surface area contributed by atoms with Gasteiger partial charge in [0.2, 0.25) is 0 Å². The monoisotopic (exact) mass is 325 g/mol. The lowest BCUT2D eigenvalue weighted by atomic mass is 9.78. The minimum Gasteiger partial charge on any atom is -0.481 e. The second-order valence-electron chi connectivity index (χ2n) is 6.71. The fraction of sp³-hybridized carbons (Fsp3) is 0.833. The van der Waals surface area contributed by atoms with Crippen molar-refractivity contribution < 1.29 is 9.13 Å². The lowest BCUT2D eigenvalue weighted by Crippen LogP contribution is -2.44. The van der Waals surface area contributed by atoms with E-state index in [4.69, 9.17) is 15.9 Å². The lowest BCUT2D eigenvalue weighted by molar-refractivity contribution is 0.114. The van der Waals surface area contributed by atoms with Crippen LogP contribution in [0.1, 0.15) is 45.4 Å². The molecule has 132 valence electrons. The maximum atomic E-state index is 14.9. The van der Waals surface area contributed by atoms with Crippen molar-refractivity contribution in [2.45, 2.75) is 57.7 Å². The summed E-state index contributed by atoms with van der Waals surface area (Å²) in [6.45, 7) is 5.06. The maximum Gasteiger partial charge on any atom is 0.184 e. The fourth-order valence-electron chi connectivity index (χ4n) is 3.85. The van der Waals surface area contributed by atoms with Crippen molar-refractivity contribution in [2.75, 3.05) is 26.2 Å². The zero-order valence-corrected chi connectivity index (χ0v) is 14.3. The van der Waals surface area contributed by atoms with Gasteiger partial charge in [-0.1, -0.05) is 18.6 Å². The number of hydrogen-bond acceptors (Lipinski definition) is 4. The molecule has 2 rings (SSSR count). The van der Waals surface area contributed by atoms with E-state index in [9.17, 15) is 4.39 Å². The molecule has 0 bridgehead atoms. The fourth-order valence-corrected chi connectivity index (χ4v) is 3.85. The van der Waals surface area contributed by atoms with Crippen LogP contribution in [0.4, 0.5) is 4.39 Å². The third kappa shape index (κ3) is 5.01. The number of nitrogens with two attached hydrogens (primary N) is 1. The van der Waals surface area contributed by atoms with Crippen LogP contribution in [0.5, 0.6) is 0 Å². The maximum absolute atomic E-state index is 14.9. The van der Waals surface area contributed by atoms with Gasteiger partial charge in [0.05, 0.1) is 6.61 Å². The van der Waals surface area contributed by atoms with E-state index in [-0.39, 0.29) is 23.8 Å². The van der Waals surface area contributed by atoms with Gasteiger partial charge in [-0.15, -0.1) is 0 Å². The molecule has 0 aromatic carbocycles. The number of rotatable bonds is 7. The van der Waals surface area contributed by atoms with Crippen LogP contribution in [0.2, 0.25) is 0 Å². The van der Waals surface area contributed by atoms with E-state index in [1.54, 1.807) is 0 Å². The van der Waals surface area contributed by atoms with Crippen LogP contribution >= 0.6 is 0 Å². The van der Waals surface area contributed by atoms with E-state index in [2.05, 4.69) is 11.0 Å². The summed E-state index contributed by atoms with van der Waals surface area (Å²) >= 11 is 0. The number of likely N-dealkylation sites (tertiary alicyclic amines) is 1. The first-order valence-electron chi connectivity index (χ1n) is 9.15. The third-order valence-electron chi connectivity index (χ3n) is 5.12. The highest BCUT2D eigenvalue weighted by Gasteiger charge is 2.36. The average molecular weight is 325 g/mol. The Hall–Kier alpha value is -0.940. The van der Waals surface area contributed by atoms with Gasteiger partial charge in [-0.25, -0.2) is 4.39 Å². The molecule has 0 aromatic rings. The number of hydrogen-bond donors (Lipinski definition) is 2. The summed E-state index contributed by atoms with van der Waals surface area (Å²) in [7, 11) is 0. The molecule has 4 atom stereocenters. The van der Waals surface area contributed by atoms with Gasteiger partial charge in [-0.3, -0.25) is 10.3 Å². The molecule has 0 saturated carbocycles. The van der Waals surface area contributed by atoms with Gasteiger partial charge in [-0.2, -0.15) is 0 Å². The van der Waals surface area contributed by atoms with Crippen LogP contribution in [-0.4, -0.2) is 49.3 Å². The predicted octanol–water partition coefficient (Wildman–Crippen LogP) is 3.12. The molecule has 1 aliphatic heterocycles. The Labute approximate surface area is 139 Å². The molecule has 23 heavy (non-hydrogen) atoms. The molecule has 0 radical (unpaired) electrons. The topological polar surface area (TPSA) is 62.3 Å². The normalized spacial score (nSPS) is 30.1. The van der Waals surface area contributed by atoms with Crippen LogP contribution in [0.15, 0.2) is 12.2 Å². The van der Waals surface area contributed by atoms with E-state index >= 15 is 0 Å². The molecule has 1 aliphatic carbocycles. The molecule has 2 aliphatic rings. The van der Waals surface area contributed by atoms with Crippen molar-refractivity contribution in [3.63, 3.8) is 0 Å². The smallest absolute Gasteiger partial charge is 0.184 e. The summed E-state index contributed by atoms with van der Waals surface area (Å²) in [5.74, 6) is -0.219. The Morgan fingerprint density at radius 2 is 2.09 bits per heavy atom. The lowest BCUT2D eigenvalue weighted by Gasteiger charge is -2.38. The Bertz CT molecular complexity index is 396. The molecular formula is C18H32FN3O. The zero-order chi connectivity index (χ0) is 16.7. The number of allylic oxidation sites excluding steroid dienone is 1. The van der Waals surface area contributed by atoms with Crippen LogP contribution in [0.25, 0.3) is 0 Å². The van der Waals surface area contributed by atoms with Gasteiger partial charge in [0.25, 0.3) is 0 Å². The molecule has 5 heteroatoms. The van der Waals surface area contributed by atoms with Crippen molar-refractivity contribution >= 4 is 5.90 Å². The first-order valence-corrected chi connectivity index (χ1v) is 9.15. The largest absolute Gasteiger partial charge is 0.481 e. The van der Waals surface area contributed by atoms with Gasteiger partial charge in [-0.05, 0) is 58.7 Å². The van der Waals surface area contributed by atoms with E-state index in [1.807, 2.05) is 13.0 Å². The van der Waals surface area contributed by atoms with E-state index in [1.165, 1.54) is 19.3 Å². The molecule has 1 heterocycles. The molecule has 0 aromatic heterocycles. The van der Waals surface area contributed by atoms with Gasteiger partial charge >= 0.3 is 0 Å². The minimum absolute atomic E-state index is 0.188. The number of ether oxygens (including phenoxy) is 1. The summed E-state index contributed by atoms with van der Waals surface area (Å²) in [4.78, 5) is 2.41. The van der Waals surface area contributed by atoms with Crippen molar-refractivity contribution in [3.05, 3.63) is 12.2 Å². The van der Waals surface area contributed by atoms with Gasteiger partial charge in [0.1, 0.15) is 6.17 Å². The summed E-state index contributed by atoms with van der Waals surface area (Å²) in [5, 5.41) is 8.12. The number of alkyl halides is 1. The summed E-state index contributed by atoms with van der Waals surface area (Å²) < 4.78 is 20.2. The first kappa shape index (κ1) is 18.4. The van der Waals surface area contributed by atoms with Gasteiger partial charge in [0.15, 0.2) is 5.90 Å². The first-order chi connectivity index (χ1) is 11.2. The van der Waals surface area contributed by atoms with Crippen molar-refractivity contribution in [3.8, 4) is 0 Å². The van der Waals surface area contributed by atoms with Gasteiger partial charge < -0.3 is 10.5 Å². The standard InChI is InChI=1S/C18H32FN3O/c1-2-23-18(21)16(7-6-10-20)15-9-8-14(13-17(15)19)22-11-4-3-5-12-22/h8-9,14-17,21H,2-7,10-13,20H2,1H3. The molecule has 0 amide bonds. The highest BCUT2D eigenvalue weighted by atomic mass is 19.1. The van der Waals surface area contributed by atoms with E-state index < -0.39 is 6.17 Å². The average Bonchev–Trinajstić information content (AvgIpc) is 2.57. The Balaban J connectivity index is 2.02. The van der Waals surface area contributed by atoms with Crippen molar-refractivity contribution in [2.24, 2.45) is 17.6 Å². The molecule has 1 fully saturated rings. The molecule has 1 saturated heterocycles. The Morgan fingerprint density at radius 3 is 2.70 bits per heavy atom. The number of nitrogens with one attached hydrogen (secondary N) is 1. The third-order valence-corrected chi connectivity index (χ3v) is 5.12. The number of nitrogens with zero attached hydrogens (tertiary/aromatic N) is 1. The highest BCUT2D eigenvalue weighted by molar-refractivity contribution is 5.76. The molecule has 3 N–H and O–H groups in total. The van der Waals surface area contributed by atoms with E-state index in [0.717, 1.165) is 25.9 Å². The van der Waals surface area contributed by atoms with Crippen LogP contribution in [-0.2, 0) is 4.74 Å². The quantitative estimate of drug-likeness (QED) is 0.429. The zero-order valence-electron chi connectivity index (χ0n) is 14.3. The van der Waals surface area contributed by atoms with Crippen molar-refractivity contribution in [1.29, 1.82) is 5.41 Å². The molecular weight excluding hydrogens is 293 g/mol. The number of piperidine rings is 1. The van der Waals surface area contributed by atoms with Crippen LogP contribution in [0.3, 0.4) is 0 Å². The Morgan fingerprint density at radius 1 is 1.35 bits per heavy atom. The summed E-state index contributed by atoms with van der Waals surface area (Å²) in [6.07, 6.45) is 9.06. The summed E-state index contributed by atoms with van der Waals surface area (Å²) in [6, 6.07) is 0.220. The molecule has 4 nitrogen and oxygen atoms in total. The summed E-state index contributed by atoms with van der Waals surface area (Å²) in [5.41, 5.74) is 5.60. The second kappa shape index (κ2) is 9.38. The van der Waals surface area contributed by atoms with Crippen LogP contribution < -0.4 is 5.73 Å². The minimum atomic E-state index is -0.907. The van der Waals surface area contributed by atoms with E-state index in [0.29, 0.717) is 19.6 Å². The molecule has 4 unspecified atom stereocenters. The second-order valence-corrected chi connectivity index (χ2v) is 6.71. The SMILES string of the molecule is CCOC(=N)C(CCCN)C1C=CC(N2CCCCC2)CC1F. The number of halogens is 1. The highest BCUT2D eigenvalue weighted by Crippen LogP contribution is 2.33. The van der Waals surface area contributed by atoms with Gasteiger partial charge in [0, 0.05) is 17.9 Å². The Kier molecular flexibility index (Phi) is 7.50. The van der Waals surface area contributed by atoms with Crippen LogP contribution in [0, 0.1) is 17.2 Å². The molecule has 0 spiro atoms. The predicted molar refractivity (Wildman–Crippen MR) is 92.5 cm³/mol.